The quantitative estimate of drug-likeness (QED) is 0.164. The lowest BCUT2D eigenvalue weighted by molar-refractivity contribution is -0.257. The first kappa shape index (κ1) is 44.6. The molecule has 0 unspecified atom stereocenters. The number of carbonyl (C=O) groups excluding carboxylic acids is 4. The van der Waals surface area contributed by atoms with Crippen molar-refractivity contribution in [3.05, 3.63) is 41.6 Å². The molecule has 4 heterocycles. The Balaban J connectivity index is 1.28. The van der Waals surface area contributed by atoms with E-state index in [1.165, 1.54) is 18.9 Å². The molecule has 61 heavy (non-hydrogen) atoms. The van der Waals surface area contributed by atoms with Crippen LogP contribution in [0.2, 0.25) is 0 Å². The molecule has 2 aliphatic carbocycles. The number of alkyl halides is 4. The summed E-state index contributed by atoms with van der Waals surface area (Å²) in [5.74, 6) is -5.24. The van der Waals surface area contributed by atoms with Crippen LogP contribution < -0.4 is 19.5 Å². The third-order valence-electron chi connectivity index (χ3n) is 13.1. The van der Waals surface area contributed by atoms with Crippen molar-refractivity contribution in [1.29, 1.82) is 0 Å². The fraction of sp³-hybridized carbons (Fsp3) is 0.651. The standard InChI is InChI=1S/C43H54F4N4O9S/c1-24(2)34-35-33(28-19-27(58-6)14-15-30(28)48-34)29(44)21-41(60-35)22-31-36(53)49-42(38(55)50-61(56,57)40(5)16-17-40)20-26(42)13-11-9-7-8-10-12-25(37(54)51(31)23-41)18-32(52)59-39(3,4)43(45,46)47/h11,13-15,19,24-26,29,31H,7-10,12,16-18,20-23H2,1-6H3,(H,49,53)(H,50,55)/b13-11-/t25-,26-,29-,31+,41-,42-/m1/s1. The van der Waals surface area contributed by atoms with Gasteiger partial charge < -0.3 is 24.4 Å². The first-order valence-corrected chi connectivity index (χ1v) is 22.4. The molecule has 2 saturated carbocycles. The second-order valence-corrected chi connectivity index (χ2v) is 20.7. The summed E-state index contributed by atoms with van der Waals surface area (Å²) >= 11 is 0. The number of nitrogens with zero attached hydrogens (tertiary/aromatic N) is 2. The average Bonchev–Trinajstić information content (AvgIpc) is 4.06. The molecule has 1 aromatic heterocycles. The Morgan fingerprint density at radius 2 is 1.82 bits per heavy atom. The number of esters is 1. The third-order valence-corrected chi connectivity index (χ3v) is 15.3. The minimum absolute atomic E-state index is 0.0677. The lowest BCUT2D eigenvalue weighted by Crippen LogP contribution is -2.57. The van der Waals surface area contributed by atoms with Crippen LogP contribution in [0.15, 0.2) is 30.4 Å². The van der Waals surface area contributed by atoms with Gasteiger partial charge in [-0.15, -0.1) is 0 Å². The molecule has 18 heteroatoms. The fourth-order valence-electron chi connectivity index (χ4n) is 8.82. The summed E-state index contributed by atoms with van der Waals surface area (Å²) in [6.45, 7) is 6.32. The van der Waals surface area contributed by atoms with Crippen LogP contribution in [0, 0.1) is 11.8 Å². The van der Waals surface area contributed by atoms with E-state index in [0.29, 0.717) is 74.7 Å². The van der Waals surface area contributed by atoms with E-state index in [9.17, 15) is 40.8 Å². The number of ether oxygens (including phenoxy) is 3. The zero-order valence-corrected chi connectivity index (χ0v) is 36.1. The number of methoxy groups -OCH3 is 1. The first-order chi connectivity index (χ1) is 28.5. The van der Waals surface area contributed by atoms with Crippen molar-refractivity contribution in [3.63, 3.8) is 0 Å². The Labute approximate surface area is 352 Å². The van der Waals surface area contributed by atoms with E-state index >= 15 is 4.39 Å². The SMILES string of the molecule is COc1ccc2nc(C(C)C)c3c(c2c1)[C@H](F)C[C@]1(C[C@H]2C(=O)N[C@]4(C(=O)NS(=O)(=O)C5(C)CC5)C[C@H]4/C=C\CCCCC[C@H](CC(=O)OC(C)(C)C(F)(F)F)C(=O)N2C1)O3. The van der Waals surface area contributed by atoms with Crippen molar-refractivity contribution in [1.82, 2.24) is 19.9 Å². The predicted octanol–water partition coefficient (Wildman–Crippen LogP) is 6.78. The van der Waals surface area contributed by atoms with Crippen LogP contribution in [-0.2, 0) is 33.9 Å². The van der Waals surface area contributed by atoms with Crippen LogP contribution in [0.1, 0.15) is 129 Å². The third kappa shape index (κ3) is 8.41. The van der Waals surface area contributed by atoms with Crippen molar-refractivity contribution in [2.24, 2.45) is 11.8 Å². The fourth-order valence-corrected chi connectivity index (χ4v) is 10.1. The smallest absolute Gasteiger partial charge is 0.427 e. The Hall–Kier alpha value is -4.48. The number of amides is 3. The van der Waals surface area contributed by atoms with Gasteiger partial charge in [-0.2, -0.15) is 13.2 Å². The number of sulfonamides is 1. The molecule has 5 aliphatic rings. The van der Waals surface area contributed by atoms with Gasteiger partial charge in [0.1, 0.15) is 34.9 Å². The van der Waals surface area contributed by atoms with Gasteiger partial charge in [-0.3, -0.25) is 23.9 Å². The molecular weight excluding hydrogens is 825 g/mol. The molecule has 7 rings (SSSR count). The van der Waals surface area contributed by atoms with E-state index in [-0.39, 0.29) is 49.5 Å². The number of benzene rings is 1. The topological polar surface area (TPSA) is 170 Å². The van der Waals surface area contributed by atoms with Gasteiger partial charge in [-0.1, -0.05) is 38.8 Å². The van der Waals surface area contributed by atoms with E-state index < -0.39 is 91.8 Å². The summed E-state index contributed by atoms with van der Waals surface area (Å²) in [6.07, 6.45) is -1.30. The molecule has 3 amide bonds. The van der Waals surface area contributed by atoms with E-state index in [1.54, 1.807) is 24.3 Å². The number of aromatic nitrogens is 1. The largest absolute Gasteiger partial charge is 0.497 e. The number of fused-ring (bicyclic) bond motifs is 5. The molecule has 0 bridgehead atoms. The molecule has 3 fully saturated rings. The molecule has 0 radical (unpaired) electrons. The van der Waals surface area contributed by atoms with Crippen molar-refractivity contribution in [2.75, 3.05) is 13.7 Å². The van der Waals surface area contributed by atoms with Crippen molar-refractivity contribution < 1.29 is 59.4 Å². The maximum atomic E-state index is 17.1. The summed E-state index contributed by atoms with van der Waals surface area (Å²) in [6, 6.07) is 3.66. The first-order valence-electron chi connectivity index (χ1n) is 20.9. The monoisotopic (exact) mass is 878 g/mol. The Morgan fingerprint density at radius 3 is 2.48 bits per heavy atom. The van der Waals surface area contributed by atoms with Gasteiger partial charge in [0.25, 0.3) is 5.91 Å². The van der Waals surface area contributed by atoms with E-state index in [1.807, 2.05) is 19.9 Å². The van der Waals surface area contributed by atoms with Crippen LogP contribution in [0.4, 0.5) is 17.6 Å². The summed E-state index contributed by atoms with van der Waals surface area (Å²) in [5, 5.41) is 3.25. The van der Waals surface area contributed by atoms with Gasteiger partial charge in [0.2, 0.25) is 27.4 Å². The maximum Gasteiger partial charge on any atom is 0.427 e. The number of hydrogen-bond acceptors (Lipinski definition) is 10. The number of allylic oxidation sites excluding steroid dienone is 1. The highest BCUT2D eigenvalue weighted by atomic mass is 32.2. The average molecular weight is 879 g/mol. The molecule has 6 atom stereocenters. The number of rotatable bonds is 8. The Bertz CT molecular complexity index is 2260. The van der Waals surface area contributed by atoms with Crippen molar-refractivity contribution >= 4 is 44.6 Å². The molecule has 3 aliphatic heterocycles. The normalized spacial score (nSPS) is 29.6. The summed E-state index contributed by atoms with van der Waals surface area (Å²) < 4.78 is 103. The second kappa shape index (κ2) is 15.7. The number of nitrogens with one attached hydrogen (secondary N) is 2. The van der Waals surface area contributed by atoms with E-state index in [4.69, 9.17) is 19.2 Å². The second-order valence-electron chi connectivity index (χ2n) is 18.5. The van der Waals surface area contributed by atoms with Gasteiger partial charge in [-0.05, 0) is 83.4 Å². The molecule has 1 spiro atoms. The molecule has 13 nitrogen and oxygen atoms in total. The zero-order chi connectivity index (χ0) is 44.5. The molecule has 334 valence electrons. The summed E-state index contributed by atoms with van der Waals surface area (Å²) in [5.41, 5.74) is -4.90. The number of hydrogen-bond donors (Lipinski definition) is 2. The summed E-state index contributed by atoms with van der Waals surface area (Å²) in [4.78, 5) is 62.8. The minimum Gasteiger partial charge on any atom is -0.497 e. The van der Waals surface area contributed by atoms with Gasteiger partial charge in [0, 0.05) is 35.6 Å². The number of carbonyl (C=O) groups is 4. The van der Waals surface area contributed by atoms with Crippen LogP contribution in [0.25, 0.3) is 10.9 Å². The lowest BCUT2D eigenvalue weighted by atomic mass is 9.85. The zero-order valence-electron chi connectivity index (χ0n) is 35.2. The molecule has 2 aromatic rings. The van der Waals surface area contributed by atoms with Gasteiger partial charge in [0.05, 0.1) is 36.0 Å². The van der Waals surface area contributed by atoms with E-state index in [2.05, 4.69) is 10.0 Å². The van der Waals surface area contributed by atoms with Gasteiger partial charge >= 0.3 is 12.1 Å². The summed E-state index contributed by atoms with van der Waals surface area (Å²) in [7, 11) is -2.64. The Morgan fingerprint density at radius 1 is 1.10 bits per heavy atom. The molecular formula is C43H54F4N4O9S. The van der Waals surface area contributed by atoms with Crippen LogP contribution in [-0.4, -0.2) is 89.4 Å². The molecule has 1 saturated heterocycles. The highest BCUT2D eigenvalue weighted by Crippen LogP contribution is 2.53. The minimum atomic E-state index is -4.90. The van der Waals surface area contributed by atoms with Crippen molar-refractivity contribution in [2.45, 2.75) is 151 Å². The lowest BCUT2D eigenvalue weighted by Gasteiger charge is -2.39. The van der Waals surface area contributed by atoms with Gasteiger partial charge in [0.15, 0.2) is 0 Å². The van der Waals surface area contributed by atoms with E-state index in [0.717, 1.165) is 0 Å². The highest BCUT2D eigenvalue weighted by molar-refractivity contribution is 7.91. The maximum absolute atomic E-state index is 17.1. The molecule has 1 aromatic carbocycles. The predicted molar refractivity (Wildman–Crippen MR) is 215 cm³/mol. The molecule has 2 N–H and O–H groups in total. The number of pyridine rings is 1. The highest BCUT2D eigenvalue weighted by Gasteiger charge is 2.64. The van der Waals surface area contributed by atoms with Gasteiger partial charge in [-0.25, -0.2) is 17.8 Å². The van der Waals surface area contributed by atoms with Crippen LogP contribution in [0.5, 0.6) is 11.5 Å². The van der Waals surface area contributed by atoms with Crippen LogP contribution in [0.3, 0.4) is 0 Å². The van der Waals surface area contributed by atoms with Crippen LogP contribution >= 0.6 is 0 Å². The number of halogens is 4. The Kier molecular flexibility index (Phi) is 11.5. The van der Waals surface area contributed by atoms with Crippen molar-refractivity contribution in [3.8, 4) is 11.5 Å².